The van der Waals surface area contributed by atoms with Crippen molar-refractivity contribution in [2.75, 3.05) is 13.1 Å². The van der Waals surface area contributed by atoms with Gasteiger partial charge in [-0.3, -0.25) is 4.79 Å². The predicted molar refractivity (Wildman–Crippen MR) is 107 cm³/mol. The van der Waals surface area contributed by atoms with E-state index in [2.05, 4.69) is 0 Å². The largest absolute Gasteiger partial charge is 0.486 e. The van der Waals surface area contributed by atoms with Gasteiger partial charge in [0, 0.05) is 5.56 Å². The number of hydrogen-bond donors (Lipinski definition) is 1. The Kier molecular flexibility index (Phi) is 5.56. The maximum absolute atomic E-state index is 12.6. The fourth-order valence-corrected chi connectivity index (χ4v) is 3.28. The molecular formula is C23H29NO3. The molecule has 0 bridgehead atoms. The monoisotopic (exact) mass is 367 g/mol. The lowest BCUT2D eigenvalue weighted by Gasteiger charge is -2.39. The van der Waals surface area contributed by atoms with Gasteiger partial charge in [-0.15, -0.1) is 0 Å². The number of hydrogen-bond acceptors (Lipinski definition) is 3. The molecule has 1 fully saturated rings. The molecule has 1 aliphatic rings. The normalized spacial score (nSPS) is 14.8. The third kappa shape index (κ3) is 4.89. The Labute approximate surface area is 161 Å². The van der Waals surface area contributed by atoms with Crippen molar-refractivity contribution in [2.45, 2.75) is 52.2 Å². The van der Waals surface area contributed by atoms with Crippen molar-refractivity contribution in [2.24, 2.45) is 0 Å². The molecule has 4 heteroatoms. The van der Waals surface area contributed by atoms with Crippen LogP contribution in [0.1, 0.15) is 47.3 Å². The molecule has 1 aliphatic heterocycles. The van der Waals surface area contributed by atoms with Crippen LogP contribution in [0.15, 0.2) is 42.5 Å². The first-order valence-electron chi connectivity index (χ1n) is 9.56. The fourth-order valence-electron chi connectivity index (χ4n) is 3.28. The van der Waals surface area contributed by atoms with Gasteiger partial charge in [-0.2, -0.15) is 0 Å². The highest BCUT2D eigenvalue weighted by atomic mass is 16.5. The SMILES string of the molecule is Cc1cccc(C)c1OC1CN(C(=O)c2ccc(CCC(C)(C)O)cc2)C1. The molecule has 0 aliphatic carbocycles. The Bertz CT molecular complexity index is 779. The minimum absolute atomic E-state index is 0.0467. The first kappa shape index (κ1) is 19.4. The number of aryl methyl sites for hydroxylation is 3. The van der Waals surface area contributed by atoms with Gasteiger partial charge in [0.1, 0.15) is 11.9 Å². The van der Waals surface area contributed by atoms with E-state index in [-0.39, 0.29) is 12.0 Å². The molecule has 2 aromatic carbocycles. The minimum atomic E-state index is -0.670. The van der Waals surface area contributed by atoms with Crippen molar-refractivity contribution in [3.8, 4) is 5.75 Å². The van der Waals surface area contributed by atoms with Crippen molar-refractivity contribution in [3.05, 3.63) is 64.7 Å². The number of benzene rings is 2. The zero-order valence-corrected chi connectivity index (χ0v) is 16.7. The maximum atomic E-state index is 12.6. The summed E-state index contributed by atoms with van der Waals surface area (Å²) in [5, 5.41) is 9.83. The van der Waals surface area contributed by atoms with E-state index in [1.807, 2.05) is 75.1 Å². The Balaban J connectivity index is 1.53. The van der Waals surface area contributed by atoms with Crippen molar-refractivity contribution in [3.63, 3.8) is 0 Å². The van der Waals surface area contributed by atoms with Gasteiger partial charge in [0.25, 0.3) is 5.91 Å². The van der Waals surface area contributed by atoms with Crippen LogP contribution in [0.4, 0.5) is 0 Å². The molecule has 144 valence electrons. The zero-order valence-electron chi connectivity index (χ0n) is 16.7. The maximum Gasteiger partial charge on any atom is 0.254 e. The van der Waals surface area contributed by atoms with Crippen LogP contribution in [0.25, 0.3) is 0 Å². The number of rotatable bonds is 6. The third-order valence-electron chi connectivity index (χ3n) is 5.05. The summed E-state index contributed by atoms with van der Waals surface area (Å²) >= 11 is 0. The number of ether oxygens (including phenoxy) is 1. The van der Waals surface area contributed by atoms with Crippen molar-refractivity contribution in [1.29, 1.82) is 0 Å². The van der Waals surface area contributed by atoms with E-state index in [0.29, 0.717) is 25.1 Å². The minimum Gasteiger partial charge on any atom is -0.486 e. The van der Waals surface area contributed by atoms with Gasteiger partial charge >= 0.3 is 0 Å². The van der Waals surface area contributed by atoms with Gasteiger partial charge in [0.2, 0.25) is 0 Å². The van der Waals surface area contributed by atoms with Crippen LogP contribution in [-0.2, 0) is 6.42 Å². The number of likely N-dealkylation sites (tertiary alicyclic amines) is 1. The smallest absolute Gasteiger partial charge is 0.254 e. The molecule has 0 unspecified atom stereocenters. The van der Waals surface area contributed by atoms with E-state index in [9.17, 15) is 9.90 Å². The van der Waals surface area contributed by atoms with Crippen LogP contribution < -0.4 is 4.74 Å². The number of nitrogens with zero attached hydrogens (tertiary/aromatic N) is 1. The number of amides is 1. The van der Waals surface area contributed by atoms with Gasteiger partial charge in [0.05, 0.1) is 18.7 Å². The number of carbonyl (C=O) groups is 1. The van der Waals surface area contributed by atoms with Gasteiger partial charge < -0.3 is 14.7 Å². The average molecular weight is 367 g/mol. The summed E-state index contributed by atoms with van der Waals surface area (Å²) < 4.78 is 6.09. The van der Waals surface area contributed by atoms with E-state index in [1.54, 1.807) is 0 Å². The van der Waals surface area contributed by atoms with Crippen LogP contribution in [0.5, 0.6) is 5.75 Å². The molecule has 0 radical (unpaired) electrons. The molecule has 1 amide bonds. The van der Waals surface area contributed by atoms with Gasteiger partial charge in [-0.1, -0.05) is 30.3 Å². The Morgan fingerprint density at radius 1 is 1.11 bits per heavy atom. The topological polar surface area (TPSA) is 49.8 Å². The highest BCUT2D eigenvalue weighted by molar-refractivity contribution is 5.94. The van der Waals surface area contributed by atoms with Crippen molar-refractivity contribution >= 4 is 5.91 Å². The first-order valence-corrected chi connectivity index (χ1v) is 9.56. The number of aliphatic hydroxyl groups is 1. The summed E-state index contributed by atoms with van der Waals surface area (Å²) in [5.41, 5.74) is 3.42. The molecule has 27 heavy (non-hydrogen) atoms. The van der Waals surface area contributed by atoms with E-state index >= 15 is 0 Å². The Morgan fingerprint density at radius 3 is 2.26 bits per heavy atom. The highest BCUT2D eigenvalue weighted by Crippen LogP contribution is 2.26. The van der Waals surface area contributed by atoms with E-state index < -0.39 is 5.60 Å². The molecule has 0 saturated carbocycles. The van der Waals surface area contributed by atoms with Crippen LogP contribution in [-0.4, -0.2) is 40.7 Å². The quantitative estimate of drug-likeness (QED) is 0.842. The fraction of sp³-hybridized carbons (Fsp3) is 0.435. The molecule has 0 aromatic heterocycles. The summed E-state index contributed by atoms with van der Waals surface area (Å²) in [4.78, 5) is 14.4. The van der Waals surface area contributed by atoms with Gasteiger partial charge in [0.15, 0.2) is 0 Å². The lowest BCUT2D eigenvalue weighted by atomic mass is 9.98. The summed E-state index contributed by atoms with van der Waals surface area (Å²) in [6.07, 6.45) is 1.55. The molecule has 1 heterocycles. The van der Waals surface area contributed by atoms with Gasteiger partial charge in [-0.05, 0) is 69.4 Å². The highest BCUT2D eigenvalue weighted by Gasteiger charge is 2.33. The number of carbonyl (C=O) groups excluding carboxylic acids is 1. The second kappa shape index (κ2) is 7.73. The second-order valence-corrected chi connectivity index (χ2v) is 8.18. The molecule has 2 aromatic rings. The summed E-state index contributed by atoms with van der Waals surface area (Å²) in [7, 11) is 0. The second-order valence-electron chi connectivity index (χ2n) is 8.18. The van der Waals surface area contributed by atoms with E-state index in [4.69, 9.17) is 4.74 Å². The summed E-state index contributed by atoms with van der Waals surface area (Å²) in [5.74, 6) is 0.983. The zero-order chi connectivity index (χ0) is 19.6. The van der Waals surface area contributed by atoms with Crippen molar-refractivity contribution in [1.82, 2.24) is 4.90 Å². The Morgan fingerprint density at radius 2 is 1.70 bits per heavy atom. The van der Waals surface area contributed by atoms with Crippen LogP contribution in [0, 0.1) is 13.8 Å². The number of para-hydroxylation sites is 1. The van der Waals surface area contributed by atoms with Crippen LogP contribution >= 0.6 is 0 Å². The molecule has 0 spiro atoms. The average Bonchev–Trinajstić information content (AvgIpc) is 2.57. The van der Waals surface area contributed by atoms with E-state index in [1.165, 1.54) is 0 Å². The van der Waals surface area contributed by atoms with Crippen molar-refractivity contribution < 1.29 is 14.6 Å². The van der Waals surface area contributed by atoms with Gasteiger partial charge in [-0.25, -0.2) is 0 Å². The first-order chi connectivity index (χ1) is 12.7. The molecule has 1 N–H and O–H groups in total. The predicted octanol–water partition coefficient (Wildman–Crippen LogP) is 3.91. The Hall–Kier alpha value is -2.33. The summed E-state index contributed by atoms with van der Waals surface area (Å²) in [6, 6.07) is 13.8. The lowest BCUT2D eigenvalue weighted by Crippen LogP contribution is -2.56. The van der Waals surface area contributed by atoms with E-state index in [0.717, 1.165) is 28.9 Å². The standard InChI is InChI=1S/C23H29NO3/c1-16-6-5-7-17(2)21(16)27-20-14-24(15-20)22(25)19-10-8-18(9-11-19)12-13-23(3,4)26/h5-11,20,26H,12-15H2,1-4H3. The molecule has 1 saturated heterocycles. The molecular weight excluding hydrogens is 338 g/mol. The summed E-state index contributed by atoms with van der Waals surface area (Å²) in [6.45, 7) is 8.95. The van der Waals surface area contributed by atoms with Crippen LogP contribution in [0.2, 0.25) is 0 Å². The van der Waals surface area contributed by atoms with Crippen LogP contribution in [0.3, 0.4) is 0 Å². The molecule has 0 atom stereocenters. The molecule has 4 nitrogen and oxygen atoms in total. The molecule has 3 rings (SSSR count). The third-order valence-corrected chi connectivity index (χ3v) is 5.05. The lowest BCUT2D eigenvalue weighted by molar-refractivity contribution is 0.0173.